The number of hydrogen-bond donors (Lipinski definition) is 1. The Bertz CT molecular complexity index is 1100. The van der Waals surface area contributed by atoms with Crippen LogP contribution in [-0.4, -0.2) is 30.4 Å². The zero-order valence-corrected chi connectivity index (χ0v) is 18.4. The minimum atomic E-state index is -0.769. The predicted molar refractivity (Wildman–Crippen MR) is 112 cm³/mol. The second-order valence-electron chi connectivity index (χ2n) is 6.27. The molecule has 0 bridgehead atoms. The van der Waals surface area contributed by atoms with Crippen molar-refractivity contribution in [3.63, 3.8) is 0 Å². The lowest BCUT2D eigenvalue weighted by Gasteiger charge is -2.11. The second-order valence-corrected chi connectivity index (χ2v) is 7.94. The van der Waals surface area contributed by atoms with Gasteiger partial charge in [-0.25, -0.2) is 0 Å². The van der Waals surface area contributed by atoms with Gasteiger partial charge in [-0.3, -0.25) is 24.3 Å². The van der Waals surface area contributed by atoms with Crippen LogP contribution in [0, 0.1) is 17.0 Å². The number of benzene rings is 1. The Labute approximate surface area is 183 Å². The number of hydrogen-bond acceptors (Lipinski definition) is 5. The van der Waals surface area contributed by atoms with Gasteiger partial charge in [0.05, 0.1) is 26.0 Å². The van der Waals surface area contributed by atoms with Crippen molar-refractivity contribution in [2.24, 2.45) is 0 Å². The van der Waals surface area contributed by atoms with Crippen LogP contribution in [0.2, 0.25) is 10.0 Å². The Morgan fingerprint density at radius 2 is 2.03 bits per heavy atom. The van der Waals surface area contributed by atoms with Gasteiger partial charge >= 0.3 is 5.69 Å². The van der Waals surface area contributed by atoms with Gasteiger partial charge in [0.1, 0.15) is 17.9 Å². The number of aryl methyl sites for hydroxylation is 1. The summed E-state index contributed by atoms with van der Waals surface area (Å²) in [4.78, 5) is 23.0. The van der Waals surface area contributed by atoms with Crippen molar-refractivity contribution in [2.45, 2.75) is 26.4 Å². The van der Waals surface area contributed by atoms with Crippen molar-refractivity contribution in [3.05, 3.63) is 66.5 Å². The fourth-order valence-corrected chi connectivity index (χ4v) is 3.31. The molecule has 3 rings (SSSR count). The molecule has 1 unspecified atom stereocenters. The zero-order chi connectivity index (χ0) is 21.3. The molecular formula is C17H15BrCl2N6O3. The number of anilines is 1. The topological polar surface area (TPSA) is 108 Å². The molecule has 29 heavy (non-hydrogen) atoms. The van der Waals surface area contributed by atoms with Crippen molar-refractivity contribution < 1.29 is 9.72 Å². The summed E-state index contributed by atoms with van der Waals surface area (Å²) in [6.07, 6.45) is 2.95. The normalized spacial score (nSPS) is 12.0. The molecule has 0 radical (unpaired) electrons. The van der Waals surface area contributed by atoms with Crippen LogP contribution in [0.4, 0.5) is 11.5 Å². The van der Waals surface area contributed by atoms with Crippen LogP contribution in [0.5, 0.6) is 0 Å². The van der Waals surface area contributed by atoms with Crippen LogP contribution in [0.15, 0.2) is 35.1 Å². The van der Waals surface area contributed by atoms with Crippen LogP contribution in [-0.2, 0) is 11.3 Å². The maximum atomic E-state index is 12.6. The summed E-state index contributed by atoms with van der Waals surface area (Å²) in [7, 11) is 0. The van der Waals surface area contributed by atoms with Crippen LogP contribution in [0.1, 0.15) is 24.2 Å². The minimum absolute atomic E-state index is 0.142. The number of carbonyl (C=O) groups excluding carboxylic acids is 1. The highest BCUT2D eigenvalue weighted by molar-refractivity contribution is 9.10. The Morgan fingerprint density at radius 3 is 2.66 bits per heavy atom. The van der Waals surface area contributed by atoms with Gasteiger partial charge in [0.2, 0.25) is 5.91 Å². The molecule has 9 nitrogen and oxygen atoms in total. The number of amides is 1. The fourth-order valence-electron chi connectivity index (χ4n) is 2.58. The van der Waals surface area contributed by atoms with E-state index in [-0.39, 0.29) is 11.4 Å². The lowest BCUT2D eigenvalue weighted by atomic mass is 10.2. The Balaban J connectivity index is 1.73. The van der Waals surface area contributed by atoms with Crippen LogP contribution in [0.25, 0.3) is 0 Å². The van der Waals surface area contributed by atoms with Gasteiger partial charge in [-0.2, -0.15) is 10.2 Å². The minimum Gasteiger partial charge on any atom is -0.306 e. The highest BCUT2D eigenvalue weighted by atomic mass is 79.9. The standard InChI is InChI=1S/C17H15BrCl2N6O3/c1-9-15(26(28)29)8-25(22-9)10(2)17(27)21-16-12(18)7-24(23-16)6-11-3-4-13(19)14(20)5-11/h3-5,7-8,10H,6H2,1-2H3,(H,21,23,27). The smallest absolute Gasteiger partial charge is 0.306 e. The third-order valence-corrected chi connectivity index (χ3v) is 5.47. The lowest BCUT2D eigenvalue weighted by molar-refractivity contribution is -0.385. The number of rotatable bonds is 6. The third kappa shape index (κ3) is 4.77. The first kappa shape index (κ1) is 21.3. The average Bonchev–Trinajstić information content (AvgIpc) is 3.20. The highest BCUT2D eigenvalue weighted by Crippen LogP contribution is 2.25. The monoisotopic (exact) mass is 500 g/mol. The summed E-state index contributed by atoms with van der Waals surface area (Å²) in [5.74, 6) is -0.0943. The van der Waals surface area contributed by atoms with Crippen LogP contribution < -0.4 is 5.32 Å². The van der Waals surface area contributed by atoms with Crippen molar-refractivity contribution in [1.82, 2.24) is 19.6 Å². The Morgan fingerprint density at radius 1 is 1.31 bits per heavy atom. The molecule has 1 atom stereocenters. The van der Waals surface area contributed by atoms with Gasteiger partial charge in [0.25, 0.3) is 0 Å². The summed E-state index contributed by atoms with van der Waals surface area (Å²) in [5, 5.41) is 23.0. The van der Waals surface area contributed by atoms with E-state index in [1.165, 1.54) is 17.8 Å². The number of nitro groups is 1. The molecule has 1 N–H and O–H groups in total. The first-order valence-corrected chi connectivity index (χ1v) is 9.88. The molecule has 2 aromatic heterocycles. The molecule has 0 spiro atoms. The summed E-state index contributed by atoms with van der Waals surface area (Å²) >= 11 is 15.3. The van der Waals surface area contributed by atoms with Crippen molar-refractivity contribution in [1.29, 1.82) is 0 Å². The quantitative estimate of drug-likeness (QED) is 0.391. The number of nitrogens with one attached hydrogen (secondary N) is 1. The van der Waals surface area contributed by atoms with E-state index in [1.54, 1.807) is 29.9 Å². The van der Waals surface area contributed by atoms with E-state index >= 15 is 0 Å². The molecule has 0 aliphatic rings. The molecular weight excluding hydrogens is 487 g/mol. The summed E-state index contributed by atoms with van der Waals surface area (Å²) in [6.45, 7) is 3.53. The molecule has 0 saturated carbocycles. The maximum Gasteiger partial charge on any atom is 0.309 e. The summed E-state index contributed by atoms with van der Waals surface area (Å²) in [6, 6.07) is 4.51. The third-order valence-electron chi connectivity index (χ3n) is 4.15. The number of halogens is 3. The molecule has 0 saturated heterocycles. The van der Waals surface area contributed by atoms with Gasteiger partial charge in [0.15, 0.2) is 5.82 Å². The molecule has 152 valence electrons. The number of aromatic nitrogens is 4. The largest absolute Gasteiger partial charge is 0.309 e. The van der Waals surface area contributed by atoms with E-state index in [0.29, 0.717) is 26.9 Å². The van der Waals surface area contributed by atoms with Crippen molar-refractivity contribution in [2.75, 3.05) is 5.32 Å². The molecule has 12 heteroatoms. The van der Waals surface area contributed by atoms with Gasteiger partial charge in [-0.1, -0.05) is 29.3 Å². The molecule has 1 aromatic carbocycles. The summed E-state index contributed by atoms with van der Waals surface area (Å²) in [5.41, 5.74) is 0.985. The molecule has 1 amide bonds. The van der Waals surface area contributed by atoms with E-state index in [2.05, 4.69) is 31.4 Å². The first-order valence-electron chi connectivity index (χ1n) is 8.33. The SMILES string of the molecule is Cc1nn(C(C)C(=O)Nc2nn(Cc3ccc(Cl)c(Cl)c3)cc2Br)cc1[N+](=O)[O-]. The van der Waals surface area contributed by atoms with Crippen molar-refractivity contribution in [3.8, 4) is 0 Å². The zero-order valence-electron chi connectivity index (χ0n) is 15.3. The van der Waals surface area contributed by atoms with E-state index in [0.717, 1.165) is 5.56 Å². The van der Waals surface area contributed by atoms with Crippen molar-refractivity contribution >= 4 is 56.5 Å². The fraction of sp³-hybridized carbons (Fsp3) is 0.235. The van der Waals surface area contributed by atoms with E-state index < -0.39 is 16.9 Å². The van der Waals surface area contributed by atoms with Crippen LogP contribution >= 0.6 is 39.1 Å². The molecule has 0 fully saturated rings. The number of carbonyl (C=O) groups is 1. The summed E-state index contributed by atoms with van der Waals surface area (Å²) < 4.78 is 3.47. The molecule has 2 heterocycles. The molecule has 0 aliphatic carbocycles. The lowest BCUT2D eigenvalue weighted by Crippen LogP contribution is -2.24. The van der Waals surface area contributed by atoms with E-state index in [9.17, 15) is 14.9 Å². The van der Waals surface area contributed by atoms with E-state index in [1.807, 2.05) is 6.07 Å². The molecule has 0 aliphatic heterocycles. The first-order chi connectivity index (χ1) is 13.7. The maximum absolute atomic E-state index is 12.6. The number of nitrogens with zero attached hydrogens (tertiary/aromatic N) is 5. The van der Waals surface area contributed by atoms with Gasteiger partial charge in [0, 0.05) is 6.20 Å². The second kappa shape index (κ2) is 8.52. The van der Waals surface area contributed by atoms with Gasteiger partial charge < -0.3 is 5.32 Å². The van der Waals surface area contributed by atoms with Gasteiger partial charge in [-0.05, 0) is 47.5 Å². The van der Waals surface area contributed by atoms with Gasteiger partial charge in [-0.15, -0.1) is 0 Å². The van der Waals surface area contributed by atoms with E-state index in [4.69, 9.17) is 23.2 Å². The van der Waals surface area contributed by atoms with Crippen LogP contribution in [0.3, 0.4) is 0 Å². The predicted octanol–water partition coefficient (Wildman–Crippen LogP) is 4.61. The average molecular weight is 502 g/mol. The highest BCUT2D eigenvalue weighted by Gasteiger charge is 2.23. The Kier molecular flexibility index (Phi) is 6.25. The Hall–Kier alpha value is -2.43. The molecule has 3 aromatic rings.